The topological polar surface area (TPSA) is 38.3 Å². The van der Waals surface area contributed by atoms with Crippen LogP contribution in [0.25, 0.3) is 0 Å². The van der Waals surface area contributed by atoms with E-state index in [1.54, 1.807) is 6.92 Å². The van der Waals surface area contributed by atoms with Crippen LogP contribution >= 0.6 is 11.8 Å². The molecule has 3 nitrogen and oxygen atoms in total. The second kappa shape index (κ2) is 6.96. The van der Waals surface area contributed by atoms with E-state index in [2.05, 4.69) is 17.4 Å². The van der Waals surface area contributed by atoms with Crippen molar-refractivity contribution in [2.45, 2.75) is 48.9 Å². The molecule has 104 valence electrons. The fourth-order valence-electron chi connectivity index (χ4n) is 2.17. The Balaban J connectivity index is 1.88. The third kappa shape index (κ3) is 4.25. The molecule has 1 N–H and O–H groups in total. The van der Waals surface area contributed by atoms with E-state index < -0.39 is 6.10 Å². The van der Waals surface area contributed by atoms with E-state index in [0.29, 0.717) is 0 Å². The first kappa shape index (κ1) is 14.4. The van der Waals surface area contributed by atoms with Gasteiger partial charge >= 0.3 is 0 Å². The van der Waals surface area contributed by atoms with Crippen molar-refractivity contribution in [3.05, 3.63) is 24.3 Å². The van der Waals surface area contributed by atoms with Crippen molar-refractivity contribution in [1.29, 1.82) is 0 Å². The minimum atomic E-state index is -0.424. The molecule has 0 bridgehead atoms. The summed E-state index contributed by atoms with van der Waals surface area (Å²) in [4.78, 5) is 12.9. The lowest BCUT2D eigenvalue weighted by Crippen LogP contribution is -2.26. The third-order valence-corrected chi connectivity index (χ3v) is 4.80. The number of hydrogen-bond donors (Lipinski definition) is 1. The predicted molar refractivity (Wildman–Crippen MR) is 79.7 cm³/mol. The van der Waals surface area contributed by atoms with Crippen LogP contribution in [0.5, 0.6) is 0 Å². The van der Waals surface area contributed by atoms with Gasteiger partial charge in [0, 0.05) is 22.9 Å². The molecule has 1 aliphatic carbocycles. The maximum Gasteiger partial charge on any atom is 0.253 e. The van der Waals surface area contributed by atoms with Gasteiger partial charge in [-0.05, 0) is 44.0 Å². The average Bonchev–Trinajstić information content (AvgIpc) is 2.93. The highest BCUT2D eigenvalue weighted by Gasteiger charge is 2.16. The molecule has 2 rings (SSSR count). The van der Waals surface area contributed by atoms with Gasteiger partial charge in [-0.25, -0.2) is 0 Å². The van der Waals surface area contributed by atoms with Crippen molar-refractivity contribution in [2.75, 3.05) is 12.4 Å². The van der Waals surface area contributed by atoms with Crippen LogP contribution in [0.3, 0.4) is 0 Å². The number of anilines is 1. The van der Waals surface area contributed by atoms with Crippen LogP contribution in [0.2, 0.25) is 0 Å². The Morgan fingerprint density at radius 2 is 1.95 bits per heavy atom. The summed E-state index contributed by atoms with van der Waals surface area (Å²) in [6.07, 6.45) is 4.96. The molecule has 0 aromatic heterocycles. The lowest BCUT2D eigenvalue weighted by atomic mass is 10.3. The normalized spacial score (nSPS) is 17.4. The molecule has 0 heterocycles. The van der Waals surface area contributed by atoms with Gasteiger partial charge in [-0.2, -0.15) is 0 Å². The number of nitrogens with one attached hydrogen (secondary N) is 1. The summed E-state index contributed by atoms with van der Waals surface area (Å²) in [6.45, 7) is 1.74. The van der Waals surface area contributed by atoms with Gasteiger partial charge in [0.25, 0.3) is 5.91 Å². The van der Waals surface area contributed by atoms with Gasteiger partial charge in [-0.15, -0.1) is 11.8 Å². The van der Waals surface area contributed by atoms with E-state index in [-0.39, 0.29) is 5.91 Å². The van der Waals surface area contributed by atoms with E-state index >= 15 is 0 Å². The molecule has 0 spiro atoms. The first-order valence-electron chi connectivity index (χ1n) is 6.79. The number of thioether (sulfide) groups is 1. The number of rotatable bonds is 5. The summed E-state index contributed by atoms with van der Waals surface area (Å²) in [5.41, 5.74) is 0.824. The largest absolute Gasteiger partial charge is 0.372 e. The Bertz CT molecular complexity index is 413. The first-order chi connectivity index (χ1) is 9.19. The molecule has 1 aromatic rings. The molecule has 1 fully saturated rings. The smallest absolute Gasteiger partial charge is 0.253 e. The molecule has 0 aliphatic heterocycles. The summed E-state index contributed by atoms with van der Waals surface area (Å²) in [5, 5.41) is 3.61. The number of carbonyl (C=O) groups excluding carboxylic acids is 1. The zero-order chi connectivity index (χ0) is 13.7. The lowest BCUT2D eigenvalue weighted by Gasteiger charge is -2.12. The maximum absolute atomic E-state index is 11.7. The van der Waals surface area contributed by atoms with Crippen molar-refractivity contribution in [3.8, 4) is 0 Å². The van der Waals surface area contributed by atoms with Gasteiger partial charge < -0.3 is 10.1 Å². The second-order valence-corrected chi connectivity index (χ2v) is 6.29. The summed E-state index contributed by atoms with van der Waals surface area (Å²) in [7, 11) is 1.53. The van der Waals surface area contributed by atoms with Crippen molar-refractivity contribution < 1.29 is 9.53 Å². The standard InChI is InChI=1S/C15H21NO2S/c1-11(18-2)15(17)16-12-7-9-14(10-8-12)19-13-5-3-4-6-13/h7-11,13H,3-6H2,1-2H3,(H,16,17). The van der Waals surface area contributed by atoms with E-state index in [0.717, 1.165) is 10.9 Å². The van der Waals surface area contributed by atoms with Gasteiger partial charge in [-0.3, -0.25) is 4.79 Å². The molecular formula is C15H21NO2S. The highest BCUT2D eigenvalue weighted by molar-refractivity contribution is 8.00. The Kier molecular flexibility index (Phi) is 5.28. The fraction of sp³-hybridized carbons (Fsp3) is 0.533. The minimum Gasteiger partial charge on any atom is -0.372 e. The van der Waals surface area contributed by atoms with E-state index in [9.17, 15) is 4.79 Å². The second-order valence-electron chi connectivity index (χ2n) is 4.92. The van der Waals surface area contributed by atoms with Crippen LogP contribution in [0, 0.1) is 0 Å². The fourth-order valence-corrected chi connectivity index (χ4v) is 3.41. The molecule has 0 saturated heterocycles. The van der Waals surface area contributed by atoms with Crippen LogP contribution in [0.15, 0.2) is 29.2 Å². The quantitative estimate of drug-likeness (QED) is 0.893. The number of methoxy groups -OCH3 is 1. The van der Waals surface area contributed by atoms with Crippen LogP contribution in [-0.2, 0) is 9.53 Å². The molecule has 1 amide bonds. The minimum absolute atomic E-state index is 0.112. The monoisotopic (exact) mass is 279 g/mol. The van der Waals surface area contributed by atoms with Gasteiger partial charge in [0.2, 0.25) is 0 Å². The van der Waals surface area contributed by atoms with Crippen LogP contribution in [-0.4, -0.2) is 24.4 Å². The molecule has 4 heteroatoms. The van der Waals surface area contributed by atoms with Gasteiger partial charge in [0.1, 0.15) is 6.10 Å². The number of amides is 1. The molecule has 0 radical (unpaired) electrons. The maximum atomic E-state index is 11.7. The average molecular weight is 279 g/mol. The third-order valence-electron chi connectivity index (χ3n) is 3.45. The zero-order valence-electron chi connectivity index (χ0n) is 11.5. The molecule has 1 unspecified atom stereocenters. The Labute approximate surface area is 119 Å². The highest BCUT2D eigenvalue weighted by Crippen LogP contribution is 2.34. The molecule has 1 atom stereocenters. The summed E-state index contributed by atoms with van der Waals surface area (Å²) >= 11 is 1.95. The van der Waals surface area contributed by atoms with Crippen molar-refractivity contribution >= 4 is 23.4 Å². The van der Waals surface area contributed by atoms with E-state index in [4.69, 9.17) is 4.74 Å². The number of carbonyl (C=O) groups is 1. The summed E-state index contributed by atoms with van der Waals surface area (Å²) < 4.78 is 4.98. The SMILES string of the molecule is COC(C)C(=O)Nc1ccc(SC2CCCC2)cc1. The van der Waals surface area contributed by atoms with Crippen molar-refractivity contribution in [3.63, 3.8) is 0 Å². The molecule has 1 aromatic carbocycles. The van der Waals surface area contributed by atoms with Gasteiger partial charge in [0.05, 0.1) is 0 Å². The molecule has 1 aliphatic rings. The zero-order valence-corrected chi connectivity index (χ0v) is 12.3. The Morgan fingerprint density at radius 1 is 1.32 bits per heavy atom. The Hall–Kier alpha value is -1.00. The van der Waals surface area contributed by atoms with E-state index in [1.807, 2.05) is 23.9 Å². The number of benzene rings is 1. The van der Waals surface area contributed by atoms with Crippen LogP contribution in [0.1, 0.15) is 32.6 Å². The number of ether oxygens (including phenoxy) is 1. The van der Waals surface area contributed by atoms with Crippen LogP contribution in [0.4, 0.5) is 5.69 Å². The van der Waals surface area contributed by atoms with Gasteiger partial charge in [0.15, 0.2) is 0 Å². The predicted octanol–water partition coefficient (Wildman–Crippen LogP) is 3.69. The van der Waals surface area contributed by atoms with Gasteiger partial charge in [-0.1, -0.05) is 12.8 Å². The molecule has 1 saturated carbocycles. The summed E-state index contributed by atoms with van der Waals surface area (Å²) in [6, 6.07) is 8.07. The van der Waals surface area contributed by atoms with Crippen LogP contribution < -0.4 is 5.32 Å². The Morgan fingerprint density at radius 3 is 2.53 bits per heavy atom. The first-order valence-corrected chi connectivity index (χ1v) is 7.67. The lowest BCUT2D eigenvalue weighted by molar-refractivity contribution is -0.124. The number of hydrogen-bond acceptors (Lipinski definition) is 3. The van der Waals surface area contributed by atoms with E-state index in [1.165, 1.54) is 37.7 Å². The highest BCUT2D eigenvalue weighted by atomic mass is 32.2. The molecular weight excluding hydrogens is 258 g/mol. The molecule has 19 heavy (non-hydrogen) atoms. The van der Waals surface area contributed by atoms with Crippen molar-refractivity contribution in [2.24, 2.45) is 0 Å². The van der Waals surface area contributed by atoms with Crippen molar-refractivity contribution in [1.82, 2.24) is 0 Å². The summed E-state index contributed by atoms with van der Waals surface area (Å²) in [5.74, 6) is -0.112.